The largest absolute Gasteiger partial charge is 0.412 e. The van der Waals surface area contributed by atoms with Crippen LogP contribution in [0.25, 0.3) is 0 Å². The molecule has 2 aromatic rings. The predicted octanol–water partition coefficient (Wildman–Crippen LogP) is 3.31. The van der Waals surface area contributed by atoms with Crippen LogP contribution in [0.1, 0.15) is 5.56 Å². The minimum absolute atomic E-state index is 0.298. The Morgan fingerprint density at radius 2 is 2.11 bits per heavy atom. The highest BCUT2D eigenvalue weighted by molar-refractivity contribution is 7.20. The van der Waals surface area contributed by atoms with Gasteiger partial charge in [0.15, 0.2) is 5.75 Å². The summed E-state index contributed by atoms with van der Waals surface area (Å²) in [5.41, 5.74) is 6.79. The number of hydrogen-bond acceptors (Lipinski definition) is 4. The van der Waals surface area contributed by atoms with E-state index in [1.54, 1.807) is 0 Å². The van der Waals surface area contributed by atoms with Gasteiger partial charge in [0.25, 0.3) is 0 Å². The Bertz CT molecular complexity index is 557. The number of carbonyl (C=O) groups excluding carboxylic acids is 1. The smallest absolute Gasteiger partial charge is 0.407 e. The SMILES string of the molecule is Nc1sc(Cl)cc1OC(=O)NCCc1ccccc1. The highest BCUT2D eigenvalue weighted by Crippen LogP contribution is 2.35. The van der Waals surface area contributed by atoms with Crippen molar-refractivity contribution in [2.24, 2.45) is 0 Å². The average Bonchev–Trinajstić information content (AvgIpc) is 2.69. The number of nitrogens with two attached hydrogens (primary N) is 1. The van der Waals surface area contributed by atoms with Crippen molar-refractivity contribution in [2.75, 3.05) is 12.3 Å². The topological polar surface area (TPSA) is 64.3 Å². The van der Waals surface area contributed by atoms with E-state index < -0.39 is 6.09 Å². The van der Waals surface area contributed by atoms with Crippen molar-refractivity contribution in [3.63, 3.8) is 0 Å². The zero-order valence-corrected chi connectivity index (χ0v) is 11.6. The molecule has 0 saturated heterocycles. The van der Waals surface area contributed by atoms with E-state index in [-0.39, 0.29) is 0 Å². The molecule has 0 spiro atoms. The first-order chi connectivity index (χ1) is 9.15. The molecule has 0 radical (unpaired) electrons. The van der Waals surface area contributed by atoms with Crippen LogP contribution in [0.2, 0.25) is 4.34 Å². The lowest BCUT2D eigenvalue weighted by atomic mass is 10.1. The molecule has 2 rings (SSSR count). The summed E-state index contributed by atoms with van der Waals surface area (Å²) in [7, 11) is 0. The summed E-state index contributed by atoms with van der Waals surface area (Å²) in [4.78, 5) is 11.5. The van der Waals surface area contributed by atoms with E-state index in [9.17, 15) is 4.79 Å². The van der Waals surface area contributed by atoms with Crippen molar-refractivity contribution in [2.45, 2.75) is 6.42 Å². The van der Waals surface area contributed by atoms with E-state index in [0.717, 1.165) is 12.0 Å². The maximum absolute atomic E-state index is 11.5. The Balaban J connectivity index is 1.78. The Kier molecular flexibility index (Phi) is 4.65. The van der Waals surface area contributed by atoms with Gasteiger partial charge in [-0.25, -0.2) is 4.79 Å². The fourth-order valence-electron chi connectivity index (χ4n) is 1.53. The number of ether oxygens (including phenoxy) is 1. The first kappa shape index (κ1) is 13.7. The molecule has 0 aliphatic carbocycles. The van der Waals surface area contributed by atoms with Crippen LogP contribution in [0.4, 0.5) is 9.80 Å². The molecule has 6 heteroatoms. The Morgan fingerprint density at radius 3 is 2.74 bits per heavy atom. The summed E-state index contributed by atoms with van der Waals surface area (Å²) >= 11 is 6.93. The number of amides is 1. The summed E-state index contributed by atoms with van der Waals surface area (Å²) in [6, 6.07) is 11.4. The van der Waals surface area contributed by atoms with E-state index in [2.05, 4.69) is 5.32 Å². The molecule has 0 bridgehead atoms. The lowest BCUT2D eigenvalue weighted by Crippen LogP contribution is -2.28. The highest BCUT2D eigenvalue weighted by atomic mass is 35.5. The number of halogens is 1. The van der Waals surface area contributed by atoms with Gasteiger partial charge >= 0.3 is 6.09 Å². The van der Waals surface area contributed by atoms with Crippen LogP contribution < -0.4 is 15.8 Å². The van der Waals surface area contributed by atoms with Crippen LogP contribution in [0.3, 0.4) is 0 Å². The van der Waals surface area contributed by atoms with Gasteiger partial charge in [0.2, 0.25) is 0 Å². The third-order valence-electron chi connectivity index (χ3n) is 2.42. The number of anilines is 1. The standard InChI is InChI=1S/C13H13ClN2O2S/c14-11-8-10(12(15)19-11)18-13(17)16-7-6-9-4-2-1-3-5-9/h1-5,8H,6-7,15H2,(H,16,17). The number of carbonyl (C=O) groups is 1. The molecule has 0 aliphatic heterocycles. The summed E-state index contributed by atoms with van der Waals surface area (Å²) in [5.74, 6) is 0.298. The molecule has 1 heterocycles. The molecule has 3 N–H and O–H groups in total. The molecule has 100 valence electrons. The molecular weight excluding hydrogens is 284 g/mol. The molecule has 0 saturated carbocycles. The van der Waals surface area contributed by atoms with Gasteiger partial charge in [0.05, 0.1) is 4.34 Å². The Morgan fingerprint density at radius 1 is 1.37 bits per heavy atom. The average molecular weight is 297 g/mol. The monoisotopic (exact) mass is 296 g/mol. The minimum Gasteiger partial charge on any atom is -0.407 e. The van der Waals surface area contributed by atoms with E-state index in [0.29, 0.717) is 21.6 Å². The Labute approximate surface area is 120 Å². The molecule has 1 aromatic heterocycles. The number of thiophene rings is 1. The lowest BCUT2D eigenvalue weighted by molar-refractivity contribution is 0.201. The molecular formula is C13H13ClN2O2S. The van der Waals surface area contributed by atoms with Crippen molar-refractivity contribution in [3.05, 3.63) is 46.3 Å². The minimum atomic E-state index is -0.530. The van der Waals surface area contributed by atoms with Crippen molar-refractivity contribution in [1.82, 2.24) is 5.32 Å². The highest BCUT2D eigenvalue weighted by Gasteiger charge is 2.10. The molecule has 1 aromatic carbocycles. The third-order valence-corrected chi connectivity index (χ3v) is 3.50. The maximum Gasteiger partial charge on any atom is 0.412 e. The quantitative estimate of drug-likeness (QED) is 0.909. The predicted molar refractivity (Wildman–Crippen MR) is 77.9 cm³/mol. The fraction of sp³-hybridized carbons (Fsp3) is 0.154. The van der Waals surface area contributed by atoms with Crippen LogP contribution in [0.15, 0.2) is 36.4 Å². The maximum atomic E-state index is 11.5. The van der Waals surface area contributed by atoms with Crippen LogP contribution in [0.5, 0.6) is 5.75 Å². The molecule has 19 heavy (non-hydrogen) atoms. The first-order valence-corrected chi connectivity index (χ1v) is 6.89. The molecule has 4 nitrogen and oxygen atoms in total. The fourth-order valence-corrected chi connectivity index (χ4v) is 2.45. The van der Waals surface area contributed by atoms with Gasteiger partial charge in [-0.3, -0.25) is 0 Å². The molecule has 0 fully saturated rings. The Hall–Kier alpha value is -1.72. The van der Waals surface area contributed by atoms with Gasteiger partial charge in [-0.15, -0.1) is 11.3 Å². The lowest BCUT2D eigenvalue weighted by Gasteiger charge is -2.05. The third kappa shape index (κ3) is 4.15. The van der Waals surface area contributed by atoms with E-state index >= 15 is 0 Å². The zero-order chi connectivity index (χ0) is 13.7. The van der Waals surface area contributed by atoms with Crippen molar-refractivity contribution in [3.8, 4) is 5.75 Å². The number of hydrogen-bond donors (Lipinski definition) is 2. The van der Waals surface area contributed by atoms with Gasteiger partial charge < -0.3 is 15.8 Å². The second-order valence-corrected chi connectivity index (χ2v) is 5.55. The summed E-state index contributed by atoms with van der Waals surface area (Å²) in [6.07, 6.45) is 0.215. The first-order valence-electron chi connectivity index (χ1n) is 5.69. The van der Waals surface area contributed by atoms with E-state index in [1.165, 1.54) is 17.4 Å². The molecule has 1 amide bonds. The molecule has 0 aliphatic rings. The normalized spacial score (nSPS) is 10.2. The van der Waals surface area contributed by atoms with Crippen LogP contribution in [-0.2, 0) is 6.42 Å². The van der Waals surface area contributed by atoms with Crippen LogP contribution >= 0.6 is 22.9 Å². The summed E-state index contributed by atoms with van der Waals surface area (Å²) < 4.78 is 5.55. The van der Waals surface area contributed by atoms with Crippen LogP contribution in [-0.4, -0.2) is 12.6 Å². The number of nitrogens with one attached hydrogen (secondary N) is 1. The zero-order valence-electron chi connectivity index (χ0n) is 10.1. The van der Waals surface area contributed by atoms with E-state index in [1.807, 2.05) is 30.3 Å². The second kappa shape index (κ2) is 6.45. The van der Waals surface area contributed by atoms with Crippen molar-refractivity contribution < 1.29 is 9.53 Å². The van der Waals surface area contributed by atoms with Crippen molar-refractivity contribution in [1.29, 1.82) is 0 Å². The van der Waals surface area contributed by atoms with Gasteiger partial charge in [0.1, 0.15) is 5.00 Å². The van der Waals surface area contributed by atoms with Crippen LogP contribution in [0, 0.1) is 0 Å². The number of rotatable bonds is 4. The van der Waals surface area contributed by atoms with Gasteiger partial charge in [-0.05, 0) is 12.0 Å². The summed E-state index contributed by atoms with van der Waals surface area (Å²) in [6.45, 7) is 0.501. The molecule has 0 unspecified atom stereocenters. The van der Waals surface area contributed by atoms with Crippen molar-refractivity contribution >= 4 is 34.0 Å². The van der Waals surface area contributed by atoms with Gasteiger partial charge in [0, 0.05) is 12.6 Å². The van der Waals surface area contributed by atoms with Gasteiger partial charge in [-0.2, -0.15) is 0 Å². The summed E-state index contributed by atoms with van der Waals surface area (Å²) in [5, 5.41) is 3.05. The molecule has 0 atom stereocenters. The van der Waals surface area contributed by atoms with E-state index in [4.69, 9.17) is 22.1 Å². The van der Waals surface area contributed by atoms with Gasteiger partial charge in [-0.1, -0.05) is 41.9 Å². The number of benzene rings is 1. The number of nitrogen functional groups attached to an aromatic ring is 1. The second-order valence-electron chi connectivity index (χ2n) is 3.83.